The zero-order valence-electron chi connectivity index (χ0n) is 9.33. The van der Waals surface area contributed by atoms with Gasteiger partial charge in [-0.2, -0.15) is 0 Å². The molecule has 72 valence electrons. The minimum atomic E-state index is 0.557. The van der Waals surface area contributed by atoms with Crippen LogP contribution in [-0.4, -0.2) is 25.6 Å². The molecule has 0 saturated carbocycles. The summed E-state index contributed by atoms with van der Waals surface area (Å²) in [5.74, 6) is 0. The van der Waals surface area contributed by atoms with E-state index in [-0.39, 0.29) is 0 Å². The Morgan fingerprint density at radius 2 is 1.62 bits per heavy atom. The average molecular weight is 178 g/mol. The Kier molecular flexibility index (Phi) is 2.77. The van der Waals surface area contributed by atoms with Crippen molar-refractivity contribution >= 4 is 0 Å². The summed E-state index contributed by atoms with van der Waals surface area (Å²) in [4.78, 5) is 0. The van der Waals surface area contributed by atoms with Gasteiger partial charge < -0.3 is 4.48 Å². The molecule has 0 heterocycles. The highest BCUT2D eigenvalue weighted by molar-refractivity contribution is 5.27. The topological polar surface area (TPSA) is 0 Å². The number of hydrogen-bond acceptors (Lipinski definition) is 0. The van der Waals surface area contributed by atoms with Gasteiger partial charge in [-0.15, -0.1) is 0 Å². The van der Waals surface area contributed by atoms with Crippen LogP contribution in [0.1, 0.15) is 24.1 Å². The number of quaternary nitrogens is 1. The van der Waals surface area contributed by atoms with Gasteiger partial charge >= 0.3 is 0 Å². The third-order valence-electron chi connectivity index (χ3n) is 2.80. The molecule has 0 aliphatic heterocycles. The maximum Gasteiger partial charge on any atom is 0.111 e. The van der Waals surface area contributed by atoms with Crippen molar-refractivity contribution in [2.75, 3.05) is 21.1 Å². The fraction of sp³-hybridized carbons (Fsp3) is 0.500. The lowest BCUT2D eigenvalue weighted by Crippen LogP contribution is -2.37. The molecule has 13 heavy (non-hydrogen) atoms. The van der Waals surface area contributed by atoms with Gasteiger partial charge in [0, 0.05) is 5.56 Å². The second kappa shape index (κ2) is 3.51. The fourth-order valence-corrected chi connectivity index (χ4v) is 1.47. The van der Waals surface area contributed by atoms with E-state index in [1.807, 2.05) is 0 Å². The van der Waals surface area contributed by atoms with Crippen LogP contribution < -0.4 is 0 Å². The molecule has 1 atom stereocenters. The molecule has 1 aromatic rings. The summed E-state index contributed by atoms with van der Waals surface area (Å²) in [6.07, 6.45) is 0. The van der Waals surface area contributed by atoms with Crippen molar-refractivity contribution in [1.82, 2.24) is 0 Å². The van der Waals surface area contributed by atoms with Gasteiger partial charge in [0.1, 0.15) is 6.04 Å². The predicted molar refractivity (Wildman–Crippen MR) is 57.6 cm³/mol. The van der Waals surface area contributed by atoms with Crippen LogP contribution in [0.25, 0.3) is 0 Å². The van der Waals surface area contributed by atoms with Crippen molar-refractivity contribution < 1.29 is 4.48 Å². The maximum absolute atomic E-state index is 2.28. The highest BCUT2D eigenvalue weighted by Gasteiger charge is 2.21. The highest BCUT2D eigenvalue weighted by Crippen LogP contribution is 2.24. The van der Waals surface area contributed by atoms with Gasteiger partial charge in [-0.05, 0) is 19.4 Å². The molecule has 1 unspecified atom stereocenters. The molecule has 0 N–H and O–H groups in total. The standard InChI is InChI=1S/C12H20N/c1-10-8-6-7-9-12(10)11(2)13(3,4)5/h6-9,11H,1-5H3/q+1. The normalized spacial score (nSPS) is 14.2. The highest BCUT2D eigenvalue weighted by atomic mass is 15.3. The molecule has 0 bridgehead atoms. The lowest BCUT2D eigenvalue weighted by Gasteiger charge is -2.32. The lowest BCUT2D eigenvalue weighted by atomic mass is 10.0. The molecular formula is C12H20N+. The first-order valence-electron chi connectivity index (χ1n) is 4.79. The molecule has 1 nitrogen and oxygen atoms in total. The number of nitrogens with zero attached hydrogens (tertiary/aromatic N) is 1. The molecule has 0 fully saturated rings. The van der Waals surface area contributed by atoms with Crippen molar-refractivity contribution in [3.63, 3.8) is 0 Å². The summed E-state index contributed by atoms with van der Waals surface area (Å²) in [6, 6.07) is 9.18. The first-order valence-corrected chi connectivity index (χ1v) is 4.79. The Labute approximate surface area is 81.6 Å². The summed E-state index contributed by atoms with van der Waals surface area (Å²) in [5, 5.41) is 0. The molecule has 1 heteroatoms. The summed E-state index contributed by atoms with van der Waals surface area (Å²) in [6.45, 7) is 4.46. The van der Waals surface area contributed by atoms with Crippen molar-refractivity contribution in [2.24, 2.45) is 0 Å². The molecule has 0 saturated heterocycles. The van der Waals surface area contributed by atoms with Gasteiger partial charge in [0.25, 0.3) is 0 Å². The zero-order chi connectivity index (χ0) is 10.1. The summed E-state index contributed by atoms with van der Waals surface area (Å²) in [5.41, 5.74) is 2.85. The fourth-order valence-electron chi connectivity index (χ4n) is 1.47. The lowest BCUT2D eigenvalue weighted by molar-refractivity contribution is -0.900. The Bertz CT molecular complexity index is 283. The molecule has 0 amide bonds. The van der Waals surface area contributed by atoms with E-state index in [1.165, 1.54) is 11.1 Å². The maximum atomic E-state index is 2.28. The molecule has 0 aliphatic rings. The van der Waals surface area contributed by atoms with Gasteiger partial charge in [-0.3, -0.25) is 0 Å². The Morgan fingerprint density at radius 3 is 2.08 bits per heavy atom. The third kappa shape index (κ3) is 2.31. The zero-order valence-corrected chi connectivity index (χ0v) is 9.33. The van der Waals surface area contributed by atoms with Crippen molar-refractivity contribution in [2.45, 2.75) is 19.9 Å². The summed E-state index contributed by atoms with van der Waals surface area (Å²) < 4.78 is 0.977. The number of rotatable bonds is 2. The molecular weight excluding hydrogens is 158 g/mol. The molecule has 0 radical (unpaired) electrons. The van der Waals surface area contributed by atoms with Gasteiger partial charge in [0.15, 0.2) is 0 Å². The van der Waals surface area contributed by atoms with Gasteiger partial charge in [-0.25, -0.2) is 0 Å². The number of benzene rings is 1. The van der Waals surface area contributed by atoms with Crippen molar-refractivity contribution in [1.29, 1.82) is 0 Å². The monoisotopic (exact) mass is 178 g/mol. The SMILES string of the molecule is Cc1ccccc1C(C)[N+](C)(C)C. The van der Waals surface area contributed by atoms with Crippen LogP contribution in [-0.2, 0) is 0 Å². The van der Waals surface area contributed by atoms with Crippen LogP contribution in [0.15, 0.2) is 24.3 Å². The third-order valence-corrected chi connectivity index (χ3v) is 2.80. The summed E-state index contributed by atoms with van der Waals surface area (Å²) >= 11 is 0. The van der Waals surface area contributed by atoms with Crippen LogP contribution >= 0.6 is 0 Å². The van der Waals surface area contributed by atoms with Gasteiger partial charge in [0.2, 0.25) is 0 Å². The van der Waals surface area contributed by atoms with E-state index in [2.05, 4.69) is 59.3 Å². The van der Waals surface area contributed by atoms with Crippen LogP contribution in [0.4, 0.5) is 0 Å². The molecule has 0 aromatic heterocycles. The smallest absolute Gasteiger partial charge is 0.111 e. The van der Waals surface area contributed by atoms with E-state index in [4.69, 9.17) is 0 Å². The molecule has 1 aromatic carbocycles. The average Bonchev–Trinajstić information content (AvgIpc) is 2.02. The van der Waals surface area contributed by atoms with Gasteiger partial charge in [0.05, 0.1) is 21.1 Å². The molecule has 0 spiro atoms. The largest absolute Gasteiger partial charge is 0.325 e. The van der Waals surface area contributed by atoms with Crippen LogP contribution in [0.3, 0.4) is 0 Å². The van der Waals surface area contributed by atoms with Crippen LogP contribution in [0, 0.1) is 6.92 Å². The number of hydrogen-bond donors (Lipinski definition) is 0. The first-order chi connectivity index (χ1) is 5.93. The van der Waals surface area contributed by atoms with E-state index in [1.54, 1.807) is 0 Å². The summed E-state index contributed by atoms with van der Waals surface area (Å²) in [7, 11) is 6.70. The Hall–Kier alpha value is -0.820. The van der Waals surface area contributed by atoms with E-state index in [9.17, 15) is 0 Å². The van der Waals surface area contributed by atoms with E-state index in [0.717, 1.165) is 4.48 Å². The van der Waals surface area contributed by atoms with Crippen LogP contribution in [0.2, 0.25) is 0 Å². The van der Waals surface area contributed by atoms with Crippen molar-refractivity contribution in [3.8, 4) is 0 Å². The predicted octanol–water partition coefficient (Wildman–Crippen LogP) is 2.76. The van der Waals surface area contributed by atoms with E-state index < -0.39 is 0 Å². The van der Waals surface area contributed by atoms with E-state index >= 15 is 0 Å². The van der Waals surface area contributed by atoms with Crippen LogP contribution in [0.5, 0.6) is 0 Å². The second-order valence-electron chi connectivity index (χ2n) is 4.65. The Morgan fingerprint density at radius 1 is 1.08 bits per heavy atom. The second-order valence-corrected chi connectivity index (χ2v) is 4.65. The minimum absolute atomic E-state index is 0.557. The van der Waals surface area contributed by atoms with E-state index in [0.29, 0.717) is 6.04 Å². The van der Waals surface area contributed by atoms with Gasteiger partial charge in [-0.1, -0.05) is 24.3 Å². The minimum Gasteiger partial charge on any atom is -0.325 e. The molecule has 0 aliphatic carbocycles. The molecule has 1 rings (SSSR count). The van der Waals surface area contributed by atoms with Crippen molar-refractivity contribution in [3.05, 3.63) is 35.4 Å². The quantitative estimate of drug-likeness (QED) is 0.611. The Balaban J connectivity index is 3.02. The first kappa shape index (κ1) is 10.3. The number of aryl methyl sites for hydroxylation is 1.